The Labute approximate surface area is 99.0 Å². The molecule has 17 heavy (non-hydrogen) atoms. The van der Waals surface area contributed by atoms with E-state index in [9.17, 15) is 9.59 Å². The molecule has 4 unspecified atom stereocenters. The van der Waals surface area contributed by atoms with Gasteiger partial charge in [-0.25, -0.2) is 0 Å². The zero-order valence-corrected chi connectivity index (χ0v) is 9.33. The second kappa shape index (κ2) is 4.91. The topological polar surface area (TPSA) is 68.4 Å². The van der Waals surface area contributed by atoms with Crippen molar-refractivity contribution in [1.82, 2.24) is 0 Å². The van der Waals surface area contributed by atoms with Crippen LogP contribution in [0.3, 0.4) is 0 Å². The first-order chi connectivity index (χ1) is 8.17. The molecule has 0 bridgehead atoms. The van der Waals surface area contributed by atoms with Gasteiger partial charge < -0.3 is 14.2 Å². The van der Waals surface area contributed by atoms with E-state index in [1.165, 1.54) is 12.2 Å². The first kappa shape index (κ1) is 12.2. The minimum Gasteiger partial charge on any atom is -0.370 e. The summed E-state index contributed by atoms with van der Waals surface area (Å²) >= 11 is 0. The minimum absolute atomic E-state index is 0.278. The molecular weight excluding hydrogens is 224 g/mol. The summed E-state index contributed by atoms with van der Waals surface area (Å²) < 4.78 is 15.6. The smallest absolute Gasteiger partial charge is 0.186 e. The summed E-state index contributed by atoms with van der Waals surface area (Å²) in [6.07, 6.45) is 0.250. The zero-order valence-electron chi connectivity index (χ0n) is 9.33. The molecule has 2 rings (SSSR count). The maximum Gasteiger partial charge on any atom is 0.186 e. The highest BCUT2D eigenvalue weighted by molar-refractivity contribution is 5.96. The molecule has 2 aliphatic heterocycles. The van der Waals surface area contributed by atoms with E-state index in [1.807, 2.05) is 0 Å². The van der Waals surface area contributed by atoms with Crippen molar-refractivity contribution in [2.45, 2.75) is 24.4 Å². The molecule has 2 aliphatic rings. The van der Waals surface area contributed by atoms with Crippen molar-refractivity contribution in [3.63, 3.8) is 0 Å². The number of hydrogen-bond donors (Lipinski definition) is 0. The molecule has 92 valence electrons. The summed E-state index contributed by atoms with van der Waals surface area (Å²) in [5.74, 6) is -0.565. The van der Waals surface area contributed by atoms with Crippen LogP contribution in [0.1, 0.15) is 0 Å². The van der Waals surface area contributed by atoms with Gasteiger partial charge in [0, 0.05) is 0 Å². The summed E-state index contributed by atoms with van der Waals surface area (Å²) in [6, 6.07) is 0. The molecule has 4 atom stereocenters. The molecule has 2 heterocycles. The molecule has 0 radical (unpaired) electrons. The summed E-state index contributed by atoms with van der Waals surface area (Å²) in [4.78, 5) is 23.2. The van der Waals surface area contributed by atoms with E-state index in [1.54, 1.807) is 0 Å². The highest BCUT2D eigenvalue weighted by atomic mass is 16.6. The Balaban J connectivity index is 2.03. The van der Waals surface area contributed by atoms with Gasteiger partial charge in [-0.1, -0.05) is 13.2 Å². The first-order valence-corrected chi connectivity index (χ1v) is 5.38. The van der Waals surface area contributed by atoms with E-state index >= 15 is 0 Å². The lowest BCUT2D eigenvalue weighted by atomic mass is 10.1. The second-order valence-corrected chi connectivity index (χ2v) is 3.93. The maximum absolute atomic E-state index is 11.6. The van der Waals surface area contributed by atoms with E-state index in [0.717, 1.165) is 0 Å². The number of carbonyl (C=O) groups is 2. The Hall–Kier alpha value is -1.30. The van der Waals surface area contributed by atoms with Crippen LogP contribution in [-0.4, -0.2) is 49.2 Å². The summed E-state index contributed by atoms with van der Waals surface area (Å²) in [7, 11) is 0. The predicted octanol–water partition coefficient (Wildman–Crippen LogP) is 0.0480. The fraction of sp³-hybridized carbons (Fsp3) is 0.500. The first-order valence-electron chi connectivity index (χ1n) is 5.38. The Morgan fingerprint density at radius 3 is 1.65 bits per heavy atom. The van der Waals surface area contributed by atoms with E-state index in [4.69, 9.17) is 14.2 Å². The third kappa shape index (κ3) is 2.88. The molecule has 0 aromatic heterocycles. The van der Waals surface area contributed by atoms with Gasteiger partial charge in [0.25, 0.3) is 0 Å². The predicted molar refractivity (Wildman–Crippen MR) is 58.5 cm³/mol. The van der Waals surface area contributed by atoms with Gasteiger partial charge in [-0.05, 0) is 12.2 Å². The van der Waals surface area contributed by atoms with E-state index in [2.05, 4.69) is 13.2 Å². The van der Waals surface area contributed by atoms with Crippen LogP contribution >= 0.6 is 0 Å². The average molecular weight is 238 g/mol. The molecule has 0 N–H and O–H groups in total. The SMILES string of the molecule is C=CC(=O)C(OC(C(=O)C=C)C1CO1)C1CO1. The fourth-order valence-corrected chi connectivity index (χ4v) is 1.53. The van der Waals surface area contributed by atoms with Gasteiger partial charge in [0.15, 0.2) is 11.6 Å². The number of epoxide rings is 2. The zero-order chi connectivity index (χ0) is 12.4. The molecule has 0 saturated carbocycles. The van der Waals surface area contributed by atoms with Crippen LogP contribution in [0.4, 0.5) is 0 Å². The lowest BCUT2D eigenvalue weighted by Gasteiger charge is -2.18. The Kier molecular flexibility index (Phi) is 3.51. The monoisotopic (exact) mass is 238 g/mol. The lowest BCUT2D eigenvalue weighted by Crippen LogP contribution is -2.39. The molecule has 0 aliphatic carbocycles. The Morgan fingerprint density at radius 1 is 1.06 bits per heavy atom. The third-order valence-corrected chi connectivity index (χ3v) is 2.65. The quantitative estimate of drug-likeness (QED) is 0.441. The third-order valence-electron chi connectivity index (χ3n) is 2.65. The summed E-state index contributed by atoms with van der Waals surface area (Å²) in [6.45, 7) is 7.73. The van der Waals surface area contributed by atoms with Crippen LogP contribution in [0, 0.1) is 0 Å². The molecule has 0 amide bonds. The second-order valence-electron chi connectivity index (χ2n) is 3.93. The number of ketones is 2. The minimum atomic E-state index is -0.773. The number of hydrogen-bond acceptors (Lipinski definition) is 5. The van der Waals surface area contributed by atoms with Crippen molar-refractivity contribution in [1.29, 1.82) is 0 Å². The van der Waals surface area contributed by atoms with E-state index in [0.29, 0.717) is 13.2 Å². The fourth-order valence-electron chi connectivity index (χ4n) is 1.53. The summed E-state index contributed by atoms with van der Waals surface area (Å²) in [5.41, 5.74) is 0. The normalized spacial score (nSPS) is 28.9. The van der Waals surface area contributed by atoms with Crippen molar-refractivity contribution in [3.05, 3.63) is 25.3 Å². The highest BCUT2D eigenvalue weighted by Gasteiger charge is 2.45. The molecule has 0 aromatic carbocycles. The lowest BCUT2D eigenvalue weighted by molar-refractivity contribution is -0.141. The molecule has 5 nitrogen and oxygen atoms in total. The molecule has 2 fully saturated rings. The largest absolute Gasteiger partial charge is 0.370 e. The van der Waals surface area contributed by atoms with Crippen LogP contribution in [0.25, 0.3) is 0 Å². The van der Waals surface area contributed by atoms with Crippen LogP contribution in [0.2, 0.25) is 0 Å². The van der Waals surface area contributed by atoms with Gasteiger partial charge in [-0.2, -0.15) is 0 Å². The van der Waals surface area contributed by atoms with Gasteiger partial charge in [0.1, 0.15) is 24.4 Å². The van der Waals surface area contributed by atoms with Crippen LogP contribution in [0.15, 0.2) is 25.3 Å². The Morgan fingerprint density at radius 2 is 1.41 bits per heavy atom. The van der Waals surface area contributed by atoms with Crippen LogP contribution in [-0.2, 0) is 23.8 Å². The average Bonchev–Trinajstić information content (AvgIpc) is 3.18. The molecule has 0 aromatic rings. The van der Waals surface area contributed by atoms with Crippen molar-refractivity contribution < 1.29 is 23.8 Å². The summed E-state index contributed by atoms with van der Waals surface area (Å²) in [5, 5.41) is 0. The van der Waals surface area contributed by atoms with E-state index in [-0.39, 0.29) is 23.8 Å². The van der Waals surface area contributed by atoms with Crippen molar-refractivity contribution >= 4 is 11.6 Å². The van der Waals surface area contributed by atoms with Crippen molar-refractivity contribution in [3.8, 4) is 0 Å². The standard InChI is InChI=1S/C12H14O5/c1-3-7(13)11(9-5-15-9)17-12(8(14)4-2)10-6-16-10/h3-4,9-12H,1-2,5-6H2. The van der Waals surface area contributed by atoms with Gasteiger partial charge in [-0.15, -0.1) is 0 Å². The van der Waals surface area contributed by atoms with Gasteiger partial charge >= 0.3 is 0 Å². The Bertz CT molecular complexity index is 320. The van der Waals surface area contributed by atoms with Gasteiger partial charge in [0.05, 0.1) is 13.2 Å². The van der Waals surface area contributed by atoms with Crippen LogP contribution < -0.4 is 0 Å². The molecule has 5 heteroatoms. The number of ether oxygens (including phenoxy) is 3. The van der Waals surface area contributed by atoms with Crippen LogP contribution in [0.5, 0.6) is 0 Å². The number of rotatable bonds is 8. The van der Waals surface area contributed by atoms with Gasteiger partial charge in [0.2, 0.25) is 0 Å². The maximum atomic E-state index is 11.6. The number of carbonyl (C=O) groups excluding carboxylic acids is 2. The van der Waals surface area contributed by atoms with Crippen molar-refractivity contribution in [2.75, 3.05) is 13.2 Å². The molecule has 0 spiro atoms. The highest BCUT2D eigenvalue weighted by Crippen LogP contribution is 2.25. The molecule has 2 saturated heterocycles. The van der Waals surface area contributed by atoms with Gasteiger partial charge in [-0.3, -0.25) is 9.59 Å². The van der Waals surface area contributed by atoms with E-state index < -0.39 is 12.2 Å². The molecular formula is C12H14O5. The van der Waals surface area contributed by atoms with Crippen molar-refractivity contribution in [2.24, 2.45) is 0 Å².